The van der Waals surface area contributed by atoms with E-state index < -0.39 is 0 Å². The van der Waals surface area contributed by atoms with Crippen LogP contribution in [-0.4, -0.2) is 17.4 Å². The van der Waals surface area contributed by atoms with Gasteiger partial charge in [-0.25, -0.2) is 0 Å². The third-order valence-corrected chi connectivity index (χ3v) is 2.77. The monoisotopic (exact) mass is 251 g/mol. The van der Waals surface area contributed by atoms with Gasteiger partial charge in [-0.3, -0.25) is 5.43 Å². The van der Waals surface area contributed by atoms with E-state index in [0.717, 1.165) is 18.6 Å². The summed E-state index contributed by atoms with van der Waals surface area (Å²) in [5.41, 5.74) is 5.57. The molecule has 0 atom stereocenters. The highest BCUT2D eigenvalue weighted by Gasteiger charge is 2.24. The maximum Gasteiger partial charge on any atom is 0.187 e. The van der Waals surface area contributed by atoms with Gasteiger partial charge in [0.05, 0.1) is 5.71 Å². The first-order chi connectivity index (χ1) is 7.93. The molecule has 1 rings (SSSR count). The number of nitrogens with one attached hydrogen (secondary N) is 2. The Hall–Kier alpha value is -1.16. The van der Waals surface area contributed by atoms with Gasteiger partial charge < -0.3 is 5.32 Å². The minimum absolute atomic E-state index is 0.287. The maximum absolute atomic E-state index is 5.08. The Morgan fingerprint density at radius 1 is 1.59 bits per heavy atom. The molecule has 0 saturated heterocycles. The molecule has 17 heavy (non-hydrogen) atoms. The molecule has 0 bridgehead atoms. The molecule has 0 saturated carbocycles. The van der Waals surface area contributed by atoms with Crippen molar-refractivity contribution >= 4 is 23.0 Å². The summed E-state index contributed by atoms with van der Waals surface area (Å²) in [7, 11) is 0. The van der Waals surface area contributed by atoms with Gasteiger partial charge in [0.1, 0.15) is 0 Å². The third-order valence-electron chi connectivity index (χ3n) is 2.54. The fourth-order valence-electron chi connectivity index (χ4n) is 2.09. The van der Waals surface area contributed by atoms with Crippen LogP contribution < -0.4 is 10.7 Å². The predicted molar refractivity (Wildman–Crippen MR) is 78.1 cm³/mol. The van der Waals surface area contributed by atoms with Gasteiger partial charge in [0.15, 0.2) is 5.11 Å². The van der Waals surface area contributed by atoms with Crippen molar-refractivity contribution in [3.8, 4) is 0 Å². The van der Waals surface area contributed by atoms with Crippen LogP contribution in [0.25, 0.3) is 0 Å². The van der Waals surface area contributed by atoms with Crippen molar-refractivity contribution in [3.63, 3.8) is 0 Å². The SMILES string of the molecule is C=CCNC(=S)NN=C1C=C(C)CC(C)(C)C1. The molecule has 1 aliphatic carbocycles. The Morgan fingerprint density at radius 2 is 2.29 bits per heavy atom. The zero-order valence-corrected chi connectivity index (χ0v) is 11.7. The van der Waals surface area contributed by atoms with Crippen LogP contribution >= 0.6 is 12.2 Å². The van der Waals surface area contributed by atoms with E-state index in [2.05, 4.69) is 49.3 Å². The molecular formula is C13H21N3S. The summed E-state index contributed by atoms with van der Waals surface area (Å²) in [4.78, 5) is 0. The number of hydrazone groups is 1. The van der Waals surface area contributed by atoms with Crippen molar-refractivity contribution < 1.29 is 0 Å². The molecule has 3 nitrogen and oxygen atoms in total. The van der Waals surface area contributed by atoms with Crippen LogP contribution in [0.5, 0.6) is 0 Å². The topological polar surface area (TPSA) is 36.4 Å². The van der Waals surface area contributed by atoms with E-state index in [1.54, 1.807) is 6.08 Å². The van der Waals surface area contributed by atoms with Gasteiger partial charge in [-0.05, 0) is 43.5 Å². The van der Waals surface area contributed by atoms with Crippen molar-refractivity contribution in [2.45, 2.75) is 33.6 Å². The Bertz CT molecular complexity index is 367. The Labute approximate surface area is 109 Å². The van der Waals surface area contributed by atoms with Crippen molar-refractivity contribution in [2.24, 2.45) is 10.5 Å². The van der Waals surface area contributed by atoms with Crippen molar-refractivity contribution in [1.82, 2.24) is 10.7 Å². The number of nitrogens with zero attached hydrogens (tertiary/aromatic N) is 1. The van der Waals surface area contributed by atoms with Crippen molar-refractivity contribution in [3.05, 3.63) is 24.3 Å². The lowest BCUT2D eigenvalue weighted by molar-refractivity contribution is 0.373. The van der Waals surface area contributed by atoms with Crippen molar-refractivity contribution in [1.29, 1.82) is 0 Å². The van der Waals surface area contributed by atoms with Crippen LogP contribution in [-0.2, 0) is 0 Å². The molecule has 1 aliphatic rings. The van der Waals surface area contributed by atoms with E-state index in [-0.39, 0.29) is 5.41 Å². The summed E-state index contributed by atoms with van der Waals surface area (Å²) >= 11 is 5.08. The van der Waals surface area contributed by atoms with Crippen molar-refractivity contribution in [2.75, 3.05) is 6.54 Å². The molecule has 0 aromatic heterocycles. The fourth-order valence-corrected chi connectivity index (χ4v) is 2.22. The lowest BCUT2D eigenvalue weighted by Crippen LogP contribution is -2.33. The average molecular weight is 251 g/mol. The molecule has 0 aliphatic heterocycles. The molecular weight excluding hydrogens is 230 g/mol. The lowest BCUT2D eigenvalue weighted by atomic mass is 9.77. The minimum Gasteiger partial charge on any atom is -0.358 e. The van der Waals surface area contributed by atoms with Gasteiger partial charge in [-0.2, -0.15) is 5.10 Å². The van der Waals surface area contributed by atoms with Gasteiger partial charge >= 0.3 is 0 Å². The normalized spacial score (nSPS) is 20.6. The second-order valence-corrected chi connectivity index (χ2v) is 5.63. The maximum atomic E-state index is 5.08. The largest absolute Gasteiger partial charge is 0.358 e. The van der Waals surface area contributed by atoms with E-state index in [1.165, 1.54) is 5.57 Å². The molecule has 0 fully saturated rings. The first-order valence-electron chi connectivity index (χ1n) is 5.81. The number of rotatable bonds is 3. The van der Waals surface area contributed by atoms with Crippen LogP contribution in [0.2, 0.25) is 0 Å². The molecule has 94 valence electrons. The highest BCUT2D eigenvalue weighted by molar-refractivity contribution is 7.80. The van der Waals surface area contributed by atoms with Crippen LogP contribution in [0.3, 0.4) is 0 Å². The molecule has 0 aromatic carbocycles. The zero-order chi connectivity index (χ0) is 12.9. The van der Waals surface area contributed by atoms with Gasteiger partial charge in [0, 0.05) is 6.54 Å². The number of hydrogen-bond acceptors (Lipinski definition) is 2. The summed E-state index contributed by atoms with van der Waals surface area (Å²) in [6, 6.07) is 0. The molecule has 0 aromatic rings. The van der Waals surface area contributed by atoms with E-state index in [0.29, 0.717) is 11.7 Å². The quantitative estimate of drug-likeness (QED) is 0.460. The molecule has 0 amide bonds. The number of allylic oxidation sites excluding steroid dienone is 2. The number of hydrogen-bond donors (Lipinski definition) is 2. The highest BCUT2D eigenvalue weighted by atomic mass is 32.1. The van der Waals surface area contributed by atoms with E-state index in [4.69, 9.17) is 12.2 Å². The van der Waals surface area contributed by atoms with Gasteiger partial charge in [0.2, 0.25) is 0 Å². The summed E-state index contributed by atoms with van der Waals surface area (Å²) in [5, 5.41) is 7.85. The lowest BCUT2D eigenvalue weighted by Gasteiger charge is -2.29. The standard InChI is InChI=1S/C13H21N3S/c1-5-6-14-12(17)16-15-11-7-10(2)8-13(3,4)9-11/h5,7H,1,6,8-9H2,2-4H3,(H2,14,16,17). The summed E-state index contributed by atoms with van der Waals surface area (Å²) in [5.74, 6) is 0. The van der Waals surface area contributed by atoms with E-state index in [9.17, 15) is 0 Å². The zero-order valence-electron chi connectivity index (χ0n) is 10.8. The second kappa shape index (κ2) is 5.96. The van der Waals surface area contributed by atoms with Crippen LogP contribution in [0.4, 0.5) is 0 Å². The highest BCUT2D eigenvalue weighted by Crippen LogP contribution is 2.33. The Morgan fingerprint density at radius 3 is 2.88 bits per heavy atom. The van der Waals surface area contributed by atoms with Crippen LogP contribution in [0.15, 0.2) is 29.4 Å². The summed E-state index contributed by atoms with van der Waals surface area (Å²) in [6.45, 7) is 10.9. The molecule has 0 radical (unpaired) electrons. The second-order valence-electron chi connectivity index (χ2n) is 5.22. The first kappa shape index (κ1) is 13.9. The number of thiocarbonyl (C=S) groups is 1. The fraction of sp³-hybridized carbons (Fsp3) is 0.538. The minimum atomic E-state index is 0.287. The molecule has 2 N–H and O–H groups in total. The Kier molecular flexibility index (Phi) is 4.87. The molecule has 0 heterocycles. The van der Waals surface area contributed by atoms with E-state index in [1.807, 2.05) is 0 Å². The molecule has 4 heteroatoms. The first-order valence-corrected chi connectivity index (χ1v) is 6.22. The molecule has 0 unspecified atom stereocenters. The van der Waals surface area contributed by atoms with Gasteiger partial charge in [0.25, 0.3) is 0 Å². The van der Waals surface area contributed by atoms with E-state index >= 15 is 0 Å². The van der Waals surface area contributed by atoms with Gasteiger partial charge in [-0.1, -0.05) is 25.5 Å². The van der Waals surface area contributed by atoms with Gasteiger partial charge in [-0.15, -0.1) is 6.58 Å². The van der Waals surface area contributed by atoms with Crippen LogP contribution in [0.1, 0.15) is 33.6 Å². The molecule has 0 spiro atoms. The third kappa shape index (κ3) is 5.13. The Balaban J connectivity index is 2.57. The predicted octanol–water partition coefficient (Wildman–Crippen LogP) is 2.76. The summed E-state index contributed by atoms with van der Waals surface area (Å²) < 4.78 is 0. The summed E-state index contributed by atoms with van der Waals surface area (Å²) in [6.07, 6.45) is 6.00. The van der Waals surface area contributed by atoms with Crippen LogP contribution in [0, 0.1) is 5.41 Å². The smallest absolute Gasteiger partial charge is 0.187 e. The average Bonchev–Trinajstić information content (AvgIpc) is 2.20.